The molecule has 14 nitrogen and oxygen atoms in total. The summed E-state index contributed by atoms with van der Waals surface area (Å²) in [5, 5.41) is 12.7. The van der Waals surface area contributed by atoms with E-state index in [9.17, 15) is 9.90 Å². The van der Waals surface area contributed by atoms with E-state index in [-0.39, 0.29) is 5.91 Å². The van der Waals surface area contributed by atoms with Crippen LogP contribution in [0.1, 0.15) is 134 Å². The van der Waals surface area contributed by atoms with E-state index in [1.807, 2.05) is 232 Å². The number of likely N-dealkylation sites (tertiary alicyclic amines) is 4. The first-order valence-electron chi connectivity index (χ1n) is 45.5. The summed E-state index contributed by atoms with van der Waals surface area (Å²) >= 11 is 30.1. The van der Waals surface area contributed by atoms with Crippen molar-refractivity contribution in [2.24, 2.45) is 17.8 Å². The van der Waals surface area contributed by atoms with Gasteiger partial charge in [-0.3, -0.25) is 24.4 Å². The number of pyridine rings is 4. The van der Waals surface area contributed by atoms with Crippen LogP contribution in [-0.4, -0.2) is 167 Å². The molecule has 4 aromatic heterocycles. The quantitative estimate of drug-likeness (QED) is 0.0576. The molecule has 0 bridgehead atoms. The number of aromatic nitrogens is 4. The molecule has 12 aromatic rings. The first-order valence-corrected chi connectivity index (χ1v) is 47.4. The molecule has 0 unspecified atom stereocenters. The molecule has 19 heteroatoms. The van der Waals surface area contributed by atoms with Gasteiger partial charge in [0.2, 0.25) is 5.91 Å². The molecule has 8 heterocycles. The van der Waals surface area contributed by atoms with Crippen LogP contribution >= 0.6 is 58.0 Å². The van der Waals surface area contributed by atoms with Crippen molar-refractivity contribution in [2.45, 2.75) is 97.9 Å². The highest BCUT2D eigenvalue weighted by Gasteiger charge is 2.23. The Balaban J connectivity index is 0.000000149. The molecule has 8 aromatic carbocycles. The Bertz CT molecular complexity index is 5840. The molecule has 0 atom stereocenters. The molecule has 0 aliphatic carbocycles. The lowest BCUT2D eigenvalue weighted by Gasteiger charge is -2.33. The van der Waals surface area contributed by atoms with Crippen molar-refractivity contribution in [3.8, 4) is 109 Å². The molecule has 1 amide bonds. The molecule has 1 N–H and O–H groups in total. The average Bonchev–Trinajstić information content (AvgIpc) is 1.10. The van der Waals surface area contributed by atoms with Crippen molar-refractivity contribution in [3.63, 3.8) is 0 Å². The van der Waals surface area contributed by atoms with Gasteiger partial charge in [-0.25, -0.2) is 19.9 Å². The van der Waals surface area contributed by atoms with Gasteiger partial charge >= 0.3 is 0 Å². The van der Waals surface area contributed by atoms with Gasteiger partial charge in [-0.05, 0) is 337 Å². The summed E-state index contributed by atoms with van der Waals surface area (Å²) in [6.45, 7) is 22.2. The molecule has 672 valence electrons. The lowest BCUT2D eigenvalue weighted by Crippen LogP contribution is -2.40. The van der Waals surface area contributed by atoms with Gasteiger partial charge in [0.25, 0.3) is 0 Å². The SMILES string of the molecule is CC(=O)N(C)CC1CCN(CCOc2ccc(C#Cc3ccc(-c4ccc(Cl)cc4)cn3)cc2)CC1.CCC1CCN(CCOc2ccc(C#Cc3ccc(-c4ccc(Cl)cc4)cn3)cc2)CC1.Cc1cc(C#Cc2ccc(-c3ccc(Cl)cc3)cn2)ccc1OCCN1CCC(CO)CC1.Clc1ccc(-c2ccc(C#CCCc3ccc(CN4CCCC4)cc3)nc2)c(Cl)c1. The van der Waals surface area contributed by atoms with Gasteiger partial charge in [-0.15, -0.1) is 0 Å². The summed E-state index contributed by atoms with van der Waals surface area (Å²) in [5.41, 5.74) is 17.8. The number of aliphatic hydroxyl groups excluding tert-OH is 1. The number of amides is 1. The molecule has 4 aliphatic heterocycles. The zero-order valence-corrected chi connectivity index (χ0v) is 79.1. The van der Waals surface area contributed by atoms with Crippen LogP contribution in [0.2, 0.25) is 25.1 Å². The van der Waals surface area contributed by atoms with E-state index in [1.165, 1.54) is 69.4 Å². The minimum atomic E-state index is 0.142. The summed E-state index contributed by atoms with van der Waals surface area (Å²) in [6, 6.07) is 75.3. The maximum Gasteiger partial charge on any atom is 0.219 e. The van der Waals surface area contributed by atoms with Gasteiger partial charge in [0.15, 0.2) is 0 Å². The molecule has 4 saturated heterocycles. The monoisotopic (exact) mass is 1840 g/mol. The third-order valence-corrected chi connectivity index (χ3v) is 25.4. The summed E-state index contributed by atoms with van der Waals surface area (Å²) in [6.07, 6.45) is 20.1. The highest BCUT2D eigenvalue weighted by Crippen LogP contribution is 2.32. The van der Waals surface area contributed by atoms with E-state index in [4.69, 9.17) is 72.2 Å². The van der Waals surface area contributed by atoms with E-state index in [1.54, 1.807) is 19.2 Å². The van der Waals surface area contributed by atoms with E-state index in [2.05, 4.69) is 124 Å². The normalized spacial score (nSPS) is 14.2. The number of hydrogen-bond acceptors (Lipinski definition) is 13. The molecule has 0 spiro atoms. The molecule has 0 radical (unpaired) electrons. The van der Waals surface area contributed by atoms with E-state index in [0.29, 0.717) is 41.7 Å². The number of nitrogens with zero attached hydrogens (tertiary/aromatic N) is 9. The number of ether oxygens (including phenoxy) is 3. The fourth-order valence-electron chi connectivity index (χ4n) is 15.9. The van der Waals surface area contributed by atoms with E-state index in [0.717, 1.165) is 232 Å². The summed E-state index contributed by atoms with van der Waals surface area (Å²) in [7, 11) is 1.89. The number of carbonyl (C=O) groups is 1. The van der Waals surface area contributed by atoms with Gasteiger partial charge in [0, 0.05) is 154 Å². The van der Waals surface area contributed by atoms with Crippen LogP contribution in [0.3, 0.4) is 0 Å². The largest absolute Gasteiger partial charge is 0.492 e. The van der Waals surface area contributed by atoms with Crippen molar-refractivity contribution in [1.29, 1.82) is 0 Å². The van der Waals surface area contributed by atoms with Crippen LogP contribution in [-0.2, 0) is 17.8 Å². The Hall–Kier alpha value is -11.3. The van der Waals surface area contributed by atoms with Crippen molar-refractivity contribution in [3.05, 3.63) is 337 Å². The third kappa shape index (κ3) is 32.3. The van der Waals surface area contributed by atoms with Gasteiger partial charge in [0.05, 0.1) is 0 Å². The number of aryl methyl sites for hydroxylation is 2. The highest BCUT2D eigenvalue weighted by atomic mass is 35.5. The van der Waals surface area contributed by atoms with E-state index >= 15 is 0 Å². The smallest absolute Gasteiger partial charge is 0.219 e. The number of aliphatic hydroxyl groups is 1. The third-order valence-electron chi connectivity index (χ3n) is 24.1. The van der Waals surface area contributed by atoms with Gasteiger partial charge in [0.1, 0.15) is 59.8 Å². The first kappa shape index (κ1) is 97.3. The van der Waals surface area contributed by atoms with Gasteiger partial charge < -0.3 is 24.2 Å². The molecule has 0 saturated carbocycles. The first-order chi connectivity index (χ1) is 63.9. The van der Waals surface area contributed by atoms with Crippen LogP contribution in [0.4, 0.5) is 0 Å². The topological polar surface area (TPSA) is 133 Å². The fourth-order valence-corrected chi connectivity index (χ4v) is 16.8. The maximum absolute atomic E-state index is 11.4. The Morgan fingerprint density at radius 2 is 0.809 bits per heavy atom. The second kappa shape index (κ2) is 51.5. The Morgan fingerprint density at radius 3 is 1.23 bits per heavy atom. The second-order valence-electron chi connectivity index (χ2n) is 33.6. The number of halogens is 5. The van der Waals surface area contributed by atoms with Crippen LogP contribution in [0.5, 0.6) is 17.2 Å². The Morgan fingerprint density at radius 1 is 0.412 bits per heavy atom. The molecule has 4 aliphatic rings. The zero-order chi connectivity index (χ0) is 91.3. The molecule has 131 heavy (non-hydrogen) atoms. The zero-order valence-electron chi connectivity index (χ0n) is 75.3. The van der Waals surface area contributed by atoms with Crippen molar-refractivity contribution < 1.29 is 24.1 Å². The molecule has 4 fully saturated rings. The minimum absolute atomic E-state index is 0.142. The predicted octanol–water partition coefficient (Wildman–Crippen LogP) is 23.5. The standard InChI is InChI=1S/C30H32ClN3O2.C28H29ClN2O2.C28H29ClN2O.C26H24Cl2N2/c1-23(35)33(2)22-25-15-17-34(18-16-25)19-20-36-30-13-4-24(5-14-30)3-11-29-12-8-27(21-32-29)26-6-9-28(31)10-7-26;1-21-18-22(3-11-28(21)33-17-16-31-14-12-23(20-32)13-15-31)2-9-27-10-6-25(19-30-27)24-4-7-26(29)8-5-24;1-2-22-15-17-31(18-16-22)19-20-32-28-13-4-23(5-14-28)3-11-27-12-8-25(21-30-27)24-6-9-26(29)10-7-24;27-23-12-14-25(26(28)17-23)22-11-13-24(29-18-22)6-2-1-5-20-7-9-21(10-8-20)19-30-15-3-4-16-30/h4-10,12-14,21,25H,15-20,22H2,1-2H3;3-8,10-11,18-19,23,32H,12-17,20H2,1H3;4-10,12-14,21-22H,2,15-20H2,1H3;7-14,17-18H,1,3-5,15-16,19H2. The van der Waals surface area contributed by atoms with Crippen LogP contribution in [0.25, 0.3) is 44.5 Å². The molecule has 16 rings (SSSR count). The van der Waals surface area contributed by atoms with Crippen LogP contribution in [0.15, 0.2) is 255 Å². The maximum atomic E-state index is 11.4. The van der Waals surface area contributed by atoms with Crippen LogP contribution < -0.4 is 14.2 Å². The summed E-state index contributed by atoms with van der Waals surface area (Å²) in [4.78, 5) is 41.0. The van der Waals surface area contributed by atoms with Crippen molar-refractivity contribution in [2.75, 3.05) is 112 Å². The Labute approximate surface area is 800 Å². The lowest BCUT2D eigenvalue weighted by atomic mass is 9.94. The second-order valence-corrected chi connectivity index (χ2v) is 35.8. The van der Waals surface area contributed by atoms with Gasteiger partial charge in [-0.1, -0.05) is 180 Å². The minimum Gasteiger partial charge on any atom is -0.492 e. The summed E-state index contributed by atoms with van der Waals surface area (Å²) in [5.74, 6) is 30.1. The number of hydrogen-bond donors (Lipinski definition) is 1. The number of benzene rings is 8. The predicted molar refractivity (Wildman–Crippen MR) is 537 cm³/mol. The number of piperidine rings is 3. The van der Waals surface area contributed by atoms with Crippen LogP contribution in [0, 0.1) is 72.0 Å². The van der Waals surface area contributed by atoms with E-state index < -0.39 is 0 Å². The van der Waals surface area contributed by atoms with Crippen molar-refractivity contribution in [1.82, 2.24) is 44.4 Å². The summed E-state index contributed by atoms with van der Waals surface area (Å²) < 4.78 is 17.9. The molecular weight excluding hydrogens is 1730 g/mol. The lowest BCUT2D eigenvalue weighted by molar-refractivity contribution is -0.128. The van der Waals surface area contributed by atoms with Gasteiger partial charge in [-0.2, -0.15) is 0 Å². The van der Waals surface area contributed by atoms with Crippen molar-refractivity contribution >= 4 is 63.9 Å². The molecular formula is C112H114Cl5N9O5. The average molecular weight is 1840 g/mol. The Kier molecular flexibility index (Phi) is 38.2. The fraction of sp³-hybridized carbons (Fsp3) is 0.312. The number of carbonyl (C=O) groups excluding carboxylic acids is 1. The highest BCUT2D eigenvalue weighted by molar-refractivity contribution is 6.36. The number of rotatable bonds is 24.